The van der Waals surface area contributed by atoms with Gasteiger partial charge in [0.25, 0.3) is 0 Å². The maximum Gasteiger partial charge on any atom is 0.232 e. The Balaban J connectivity index is 1.58. The number of halogens is 2. The summed E-state index contributed by atoms with van der Waals surface area (Å²) in [5.74, 6) is 1.28. The van der Waals surface area contributed by atoms with E-state index < -0.39 is 5.82 Å². The van der Waals surface area contributed by atoms with Crippen LogP contribution in [-0.2, 0) is 6.61 Å². The molecule has 0 radical (unpaired) electrons. The molecule has 0 bridgehead atoms. The fourth-order valence-electron chi connectivity index (χ4n) is 3.39. The average Bonchev–Trinajstić information content (AvgIpc) is 3.04. The van der Waals surface area contributed by atoms with Crippen molar-refractivity contribution in [2.75, 3.05) is 6.61 Å². The van der Waals surface area contributed by atoms with Crippen molar-refractivity contribution >= 4 is 23.5 Å². The molecule has 3 aromatic rings. The molecule has 1 aliphatic heterocycles. The quantitative estimate of drug-likeness (QED) is 0.419. The first-order chi connectivity index (χ1) is 15.0. The van der Waals surface area contributed by atoms with Crippen LogP contribution < -0.4 is 14.2 Å². The third kappa shape index (κ3) is 4.42. The van der Waals surface area contributed by atoms with E-state index in [2.05, 4.69) is 0 Å². The summed E-state index contributed by atoms with van der Waals surface area (Å²) in [6.45, 7) is 4.42. The molecule has 0 aliphatic carbocycles. The monoisotopic (exact) mass is 438 g/mol. The molecular formula is C25H20ClFO4. The van der Waals surface area contributed by atoms with Crippen LogP contribution >= 0.6 is 11.6 Å². The first kappa shape index (κ1) is 20.9. The Kier molecular flexibility index (Phi) is 5.96. The van der Waals surface area contributed by atoms with Crippen molar-refractivity contribution in [1.29, 1.82) is 0 Å². The van der Waals surface area contributed by atoms with Crippen molar-refractivity contribution in [1.82, 2.24) is 0 Å². The van der Waals surface area contributed by atoms with Crippen LogP contribution in [-0.4, -0.2) is 12.4 Å². The summed E-state index contributed by atoms with van der Waals surface area (Å²) in [6.07, 6.45) is 1.69. The molecule has 1 heterocycles. The summed E-state index contributed by atoms with van der Waals surface area (Å²) in [5, 5.41) is 0.294. The fraction of sp³-hybridized carbons (Fsp3) is 0.160. The molecular weight excluding hydrogens is 419 g/mol. The van der Waals surface area contributed by atoms with E-state index in [-0.39, 0.29) is 18.1 Å². The van der Waals surface area contributed by atoms with Gasteiger partial charge in [0.05, 0.1) is 17.2 Å². The Hall–Kier alpha value is -3.31. The number of carbonyl (C=O) groups excluding carboxylic acids is 1. The second-order valence-corrected chi connectivity index (χ2v) is 7.46. The van der Waals surface area contributed by atoms with Crippen molar-refractivity contribution in [2.45, 2.75) is 20.5 Å². The molecule has 158 valence electrons. The third-order valence-corrected chi connectivity index (χ3v) is 5.21. The number of ether oxygens (including phenoxy) is 3. The molecule has 6 heteroatoms. The lowest BCUT2D eigenvalue weighted by atomic mass is 10.0. The van der Waals surface area contributed by atoms with E-state index in [0.29, 0.717) is 40.0 Å². The molecule has 4 nitrogen and oxygen atoms in total. The van der Waals surface area contributed by atoms with Crippen LogP contribution in [0, 0.1) is 12.7 Å². The lowest BCUT2D eigenvalue weighted by Crippen LogP contribution is -2.01. The van der Waals surface area contributed by atoms with Gasteiger partial charge in [-0.2, -0.15) is 0 Å². The maximum atomic E-state index is 13.2. The number of hydrogen-bond donors (Lipinski definition) is 0. The molecule has 0 atom stereocenters. The van der Waals surface area contributed by atoms with Crippen LogP contribution in [0.5, 0.6) is 17.2 Å². The molecule has 4 rings (SSSR count). The largest absolute Gasteiger partial charge is 0.493 e. The van der Waals surface area contributed by atoms with E-state index in [1.807, 2.05) is 38.1 Å². The summed E-state index contributed by atoms with van der Waals surface area (Å²) in [5.41, 5.74) is 2.67. The van der Waals surface area contributed by atoms with Gasteiger partial charge in [-0.3, -0.25) is 4.79 Å². The molecule has 0 saturated carbocycles. The highest BCUT2D eigenvalue weighted by Crippen LogP contribution is 2.38. The van der Waals surface area contributed by atoms with Gasteiger partial charge in [-0.1, -0.05) is 35.9 Å². The topological polar surface area (TPSA) is 44.8 Å². The Morgan fingerprint density at radius 1 is 1.10 bits per heavy atom. The number of carbonyl (C=O) groups is 1. The van der Waals surface area contributed by atoms with Gasteiger partial charge < -0.3 is 14.2 Å². The Bertz CT molecular complexity index is 1190. The Morgan fingerprint density at radius 3 is 2.68 bits per heavy atom. The van der Waals surface area contributed by atoms with E-state index in [1.54, 1.807) is 24.3 Å². The average molecular weight is 439 g/mol. The molecule has 31 heavy (non-hydrogen) atoms. The second-order valence-electron chi connectivity index (χ2n) is 7.05. The van der Waals surface area contributed by atoms with E-state index in [9.17, 15) is 9.18 Å². The highest BCUT2D eigenvalue weighted by atomic mass is 35.5. The van der Waals surface area contributed by atoms with Gasteiger partial charge in [0.1, 0.15) is 29.7 Å². The SMILES string of the molecule is CCOc1ccccc1/C=C1\Oc2cc(OCc3ccc(F)cc3Cl)cc(C)c2C1=O. The van der Waals surface area contributed by atoms with Crippen LogP contribution in [0.1, 0.15) is 34.0 Å². The minimum Gasteiger partial charge on any atom is -0.493 e. The minimum absolute atomic E-state index is 0.162. The van der Waals surface area contributed by atoms with Crippen molar-refractivity contribution in [3.8, 4) is 17.2 Å². The fourth-order valence-corrected chi connectivity index (χ4v) is 3.61. The lowest BCUT2D eigenvalue weighted by Gasteiger charge is -2.10. The van der Waals surface area contributed by atoms with E-state index in [4.69, 9.17) is 25.8 Å². The van der Waals surface area contributed by atoms with Crippen molar-refractivity contribution in [3.63, 3.8) is 0 Å². The van der Waals surface area contributed by atoms with Gasteiger partial charge >= 0.3 is 0 Å². The first-order valence-electron chi connectivity index (χ1n) is 9.83. The standard InChI is InChI=1S/C25H20ClFO4/c1-3-29-21-7-5-4-6-16(21)11-23-25(28)24-15(2)10-19(13-22(24)31-23)30-14-17-8-9-18(27)12-20(17)26/h4-13H,3,14H2,1-2H3/b23-11-. The number of aryl methyl sites for hydroxylation is 1. The Labute approximate surface area is 184 Å². The van der Waals surface area contributed by atoms with Crippen LogP contribution in [0.4, 0.5) is 4.39 Å². The molecule has 0 spiro atoms. The zero-order chi connectivity index (χ0) is 22.0. The smallest absolute Gasteiger partial charge is 0.232 e. The van der Waals surface area contributed by atoms with Gasteiger partial charge in [0.2, 0.25) is 5.78 Å². The zero-order valence-electron chi connectivity index (χ0n) is 17.1. The number of fused-ring (bicyclic) bond motifs is 1. The van der Waals surface area contributed by atoms with E-state index >= 15 is 0 Å². The van der Waals surface area contributed by atoms with Gasteiger partial charge in [-0.25, -0.2) is 4.39 Å². The maximum absolute atomic E-state index is 13.2. The number of Topliss-reactive ketones (excluding diaryl/α,β-unsaturated/α-hetero) is 1. The molecule has 0 amide bonds. The van der Waals surface area contributed by atoms with Crippen molar-refractivity contribution in [3.05, 3.63) is 93.5 Å². The lowest BCUT2D eigenvalue weighted by molar-refractivity contribution is 0.101. The highest BCUT2D eigenvalue weighted by Gasteiger charge is 2.30. The molecule has 0 fully saturated rings. The predicted molar refractivity (Wildman–Crippen MR) is 117 cm³/mol. The third-order valence-electron chi connectivity index (χ3n) is 4.86. The summed E-state index contributed by atoms with van der Waals surface area (Å²) >= 11 is 6.06. The second kappa shape index (κ2) is 8.82. The van der Waals surface area contributed by atoms with Crippen LogP contribution in [0.2, 0.25) is 5.02 Å². The molecule has 3 aromatic carbocycles. The van der Waals surface area contributed by atoms with Crippen LogP contribution in [0.25, 0.3) is 6.08 Å². The highest BCUT2D eigenvalue weighted by molar-refractivity contribution is 6.31. The number of allylic oxidation sites excluding steroid dienone is 1. The normalized spacial score (nSPS) is 13.8. The summed E-state index contributed by atoms with van der Waals surface area (Å²) in [6, 6.07) is 15.1. The number of benzene rings is 3. The molecule has 0 N–H and O–H groups in total. The first-order valence-corrected chi connectivity index (χ1v) is 10.2. The van der Waals surface area contributed by atoms with Gasteiger partial charge in [-0.15, -0.1) is 0 Å². The molecule has 0 saturated heterocycles. The van der Waals surface area contributed by atoms with E-state index in [0.717, 1.165) is 11.1 Å². The predicted octanol–water partition coefficient (Wildman–Crippen LogP) is 6.38. The molecule has 0 unspecified atom stereocenters. The molecule has 0 aromatic heterocycles. The minimum atomic E-state index is -0.403. The van der Waals surface area contributed by atoms with E-state index in [1.165, 1.54) is 12.1 Å². The number of hydrogen-bond acceptors (Lipinski definition) is 4. The Morgan fingerprint density at radius 2 is 1.90 bits per heavy atom. The van der Waals surface area contributed by atoms with Crippen molar-refractivity contribution in [2.24, 2.45) is 0 Å². The van der Waals surface area contributed by atoms with Crippen LogP contribution in [0.15, 0.2) is 60.4 Å². The van der Waals surface area contributed by atoms with Gasteiger partial charge in [0, 0.05) is 17.2 Å². The number of ketones is 1. The summed E-state index contributed by atoms with van der Waals surface area (Å²) in [4.78, 5) is 12.9. The number of para-hydroxylation sites is 1. The zero-order valence-corrected chi connectivity index (χ0v) is 17.8. The van der Waals surface area contributed by atoms with Crippen molar-refractivity contribution < 1.29 is 23.4 Å². The summed E-state index contributed by atoms with van der Waals surface area (Å²) < 4.78 is 30.5. The van der Waals surface area contributed by atoms with Gasteiger partial charge in [0.15, 0.2) is 5.76 Å². The van der Waals surface area contributed by atoms with Crippen LogP contribution in [0.3, 0.4) is 0 Å². The summed E-state index contributed by atoms with van der Waals surface area (Å²) in [7, 11) is 0. The molecule has 1 aliphatic rings. The van der Waals surface area contributed by atoms with Gasteiger partial charge in [-0.05, 0) is 49.8 Å². The number of rotatable bonds is 6.